The van der Waals surface area contributed by atoms with E-state index in [1.165, 1.54) is 7.11 Å². The van der Waals surface area contributed by atoms with Gasteiger partial charge in [-0.15, -0.1) is 0 Å². The average molecular weight is 428 g/mol. The van der Waals surface area contributed by atoms with Gasteiger partial charge in [-0.3, -0.25) is 20.4 Å². The summed E-state index contributed by atoms with van der Waals surface area (Å²) in [6.07, 6.45) is 1.37. The monoisotopic (exact) mass is 428 g/mol. The number of hydrogen-bond acceptors (Lipinski definition) is 7. The number of nitrogens with zero attached hydrogens (tertiary/aromatic N) is 1. The van der Waals surface area contributed by atoms with Crippen molar-refractivity contribution in [2.45, 2.75) is 33.1 Å². The Balaban J connectivity index is 1.70. The number of amides is 3. The summed E-state index contributed by atoms with van der Waals surface area (Å²) < 4.78 is 15.6. The molecule has 1 aliphatic carbocycles. The van der Waals surface area contributed by atoms with Crippen LogP contribution in [0.3, 0.4) is 0 Å². The van der Waals surface area contributed by atoms with Crippen LogP contribution in [0.2, 0.25) is 0 Å². The SMILES string of the molecule is CCOC(=O)N/N=C1\CCCc2oc(C(=O)NNC(=O)c3ccc(OC)cc3)c(C)c21. The number of nitrogens with one attached hydrogen (secondary N) is 3. The minimum atomic E-state index is -0.650. The first-order valence-electron chi connectivity index (χ1n) is 9.81. The van der Waals surface area contributed by atoms with Crippen molar-refractivity contribution in [1.82, 2.24) is 16.3 Å². The van der Waals surface area contributed by atoms with Crippen LogP contribution in [-0.4, -0.2) is 37.3 Å². The number of aryl methyl sites for hydroxylation is 1. The highest BCUT2D eigenvalue weighted by atomic mass is 16.5. The van der Waals surface area contributed by atoms with E-state index in [9.17, 15) is 14.4 Å². The van der Waals surface area contributed by atoms with E-state index in [1.807, 2.05) is 0 Å². The fourth-order valence-corrected chi connectivity index (χ4v) is 3.26. The van der Waals surface area contributed by atoms with Gasteiger partial charge in [0.15, 0.2) is 5.76 Å². The minimum absolute atomic E-state index is 0.0748. The predicted molar refractivity (Wildman–Crippen MR) is 111 cm³/mol. The molecule has 0 spiro atoms. The fourth-order valence-electron chi connectivity index (χ4n) is 3.26. The van der Waals surface area contributed by atoms with E-state index in [1.54, 1.807) is 38.1 Å². The number of rotatable bonds is 5. The molecular weight excluding hydrogens is 404 g/mol. The summed E-state index contributed by atoms with van der Waals surface area (Å²) in [5.41, 5.74) is 9.31. The number of ether oxygens (including phenoxy) is 2. The van der Waals surface area contributed by atoms with Crippen LogP contribution in [0, 0.1) is 6.92 Å². The van der Waals surface area contributed by atoms with Crippen molar-refractivity contribution in [1.29, 1.82) is 0 Å². The number of benzene rings is 1. The molecule has 1 aromatic carbocycles. The molecule has 0 bridgehead atoms. The molecule has 1 heterocycles. The minimum Gasteiger partial charge on any atom is -0.497 e. The van der Waals surface area contributed by atoms with Gasteiger partial charge < -0.3 is 13.9 Å². The molecule has 3 rings (SSSR count). The van der Waals surface area contributed by atoms with E-state index < -0.39 is 17.9 Å². The summed E-state index contributed by atoms with van der Waals surface area (Å²) in [7, 11) is 1.53. The number of hydrazine groups is 1. The largest absolute Gasteiger partial charge is 0.497 e. The second-order valence-electron chi connectivity index (χ2n) is 6.74. The first-order valence-corrected chi connectivity index (χ1v) is 9.81. The number of carbonyl (C=O) groups excluding carboxylic acids is 3. The molecule has 1 aromatic heterocycles. The molecule has 3 N–H and O–H groups in total. The van der Waals surface area contributed by atoms with Crippen LogP contribution in [0.4, 0.5) is 4.79 Å². The van der Waals surface area contributed by atoms with Gasteiger partial charge in [0, 0.05) is 23.1 Å². The van der Waals surface area contributed by atoms with Crippen molar-refractivity contribution in [2.75, 3.05) is 13.7 Å². The second-order valence-corrected chi connectivity index (χ2v) is 6.74. The molecule has 0 fully saturated rings. The highest BCUT2D eigenvalue weighted by Gasteiger charge is 2.28. The van der Waals surface area contributed by atoms with Crippen molar-refractivity contribution >= 4 is 23.6 Å². The number of furan rings is 1. The zero-order valence-electron chi connectivity index (χ0n) is 17.5. The van der Waals surface area contributed by atoms with Crippen molar-refractivity contribution in [3.05, 3.63) is 52.5 Å². The lowest BCUT2D eigenvalue weighted by Gasteiger charge is -2.13. The van der Waals surface area contributed by atoms with Gasteiger partial charge in [0.1, 0.15) is 11.5 Å². The first kappa shape index (κ1) is 21.9. The lowest BCUT2D eigenvalue weighted by atomic mass is 9.93. The zero-order valence-corrected chi connectivity index (χ0v) is 17.5. The summed E-state index contributed by atoms with van der Waals surface area (Å²) in [5, 5.41) is 4.12. The van der Waals surface area contributed by atoms with Crippen molar-refractivity contribution in [3.63, 3.8) is 0 Å². The molecule has 0 aliphatic heterocycles. The third kappa shape index (κ3) is 5.03. The summed E-state index contributed by atoms with van der Waals surface area (Å²) in [5.74, 6) is 0.232. The normalized spacial score (nSPS) is 13.8. The Kier molecular flexibility index (Phi) is 6.91. The third-order valence-corrected chi connectivity index (χ3v) is 4.73. The standard InChI is InChI=1S/C21H24N4O6/c1-4-30-21(28)25-22-15-6-5-7-16-17(15)12(2)18(31-16)20(27)24-23-19(26)13-8-10-14(29-3)11-9-13/h8-11H,4-7H2,1-3H3,(H,23,26)(H,24,27)(H,25,28)/b22-15+. The number of hydrogen-bond donors (Lipinski definition) is 3. The summed E-state index contributed by atoms with van der Waals surface area (Å²) in [4.78, 5) is 36.4. The molecule has 2 aromatic rings. The van der Waals surface area contributed by atoms with Gasteiger partial charge in [-0.1, -0.05) is 0 Å². The maximum Gasteiger partial charge on any atom is 0.427 e. The van der Waals surface area contributed by atoms with Crippen LogP contribution >= 0.6 is 0 Å². The summed E-state index contributed by atoms with van der Waals surface area (Å²) in [6.45, 7) is 3.66. The van der Waals surface area contributed by atoms with E-state index >= 15 is 0 Å². The predicted octanol–water partition coefficient (Wildman–Crippen LogP) is 2.46. The Morgan fingerprint density at radius 3 is 2.48 bits per heavy atom. The van der Waals surface area contributed by atoms with Crippen LogP contribution in [-0.2, 0) is 11.2 Å². The first-order chi connectivity index (χ1) is 14.9. The number of methoxy groups -OCH3 is 1. The number of carbonyl (C=O) groups is 3. The van der Waals surface area contributed by atoms with E-state index in [0.29, 0.717) is 46.8 Å². The van der Waals surface area contributed by atoms with Gasteiger partial charge in [0.05, 0.1) is 19.4 Å². The molecule has 164 valence electrons. The van der Waals surface area contributed by atoms with Crippen molar-refractivity contribution in [2.24, 2.45) is 5.10 Å². The molecule has 10 nitrogen and oxygen atoms in total. The summed E-state index contributed by atoms with van der Waals surface area (Å²) in [6, 6.07) is 6.45. The molecule has 0 atom stereocenters. The van der Waals surface area contributed by atoms with Crippen LogP contribution in [0.15, 0.2) is 33.8 Å². The molecule has 0 radical (unpaired) electrons. The third-order valence-electron chi connectivity index (χ3n) is 4.73. The van der Waals surface area contributed by atoms with Crippen LogP contribution in [0.25, 0.3) is 0 Å². The highest BCUT2D eigenvalue weighted by Crippen LogP contribution is 2.29. The van der Waals surface area contributed by atoms with E-state index in [-0.39, 0.29) is 12.4 Å². The maximum atomic E-state index is 12.6. The Hall–Kier alpha value is -3.82. The van der Waals surface area contributed by atoms with Gasteiger partial charge in [-0.2, -0.15) is 5.10 Å². The van der Waals surface area contributed by atoms with Gasteiger partial charge in [0.25, 0.3) is 5.91 Å². The van der Waals surface area contributed by atoms with Gasteiger partial charge in [-0.05, 0) is 51.0 Å². The van der Waals surface area contributed by atoms with Crippen LogP contribution in [0.5, 0.6) is 5.75 Å². The van der Waals surface area contributed by atoms with E-state index in [0.717, 1.165) is 6.42 Å². The van der Waals surface area contributed by atoms with Gasteiger partial charge in [0.2, 0.25) is 0 Å². The topological polar surface area (TPSA) is 131 Å². The van der Waals surface area contributed by atoms with Crippen LogP contribution < -0.4 is 21.0 Å². The Bertz CT molecular complexity index is 1010. The number of hydrazone groups is 1. The smallest absolute Gasteiger partial charge is 0.427 e. The summed E-state index contributed by atoms with van der Waals surface area (Å²) >= 11 is 0. The average Bonchev–Trinajstić information content (AvgIpc) is 3.13. The van der Waals surface area contributed by atoms with E-state index in [4.69, 9.17) is 13.9 Å². The molecule has 10 heteroatoms. The molecule has 0 unspecified atom stereocenters. The Morgan fingerprint density at radius 2 is 1.81 bits per heavy atom. The van der Waals surface area contributed by atoms with Crippen LogP contribution in [0.1, 0.15) is 57.6 Å². The van der Waals surface area contributed by atoms with Crippen molar-refractivity contribution in [3.8, 4) is 5.75 Å². The molecule has 3 amide bonds. The van der Waals surface area contributed by atoms with Gasteiger partial charge in [-0.25, -0.2) is 10.2 Å². The fraction of sp³-hybridized carbons (Fsp3) is 0.333. The maximum absolute atomic E-state index is 12.6. The van der Waals surface area contributed by atoms with Gasteiger partial charge >= 0.3 is 12.0 Å². The second kappa shape index (κ2) is 9.79. The Labute approximate surface area is 178 Å². The van der Waals surface area contributed by atoms with E-state index in [2.05, 4.69) is 21.4 Å². The zero-order chi connectivity index (χ0) is 22.4. The lowest BCUT2D eigenvalue weighted by molar-refractivity contribution is 0.0829. The quantitative estimate of drug-likeness (QED) is 0.627. The van der Waals surface area contributed by atoms with Crippen molar-refractivity contribution < 1.29 is 28.3 Å². The molecule has 1 aliphatic rings. The molecular formula is C21H24N4O6. The molecule has 0 saturated carbocycles. The Morgan fingerprint density at radius 1 is 1.10 bits per heavy atom. The molecule has 0 saturated heterocycles. The lowest BCUT2D eigenvalue weighted by Crippen LogP contribution is -2.41. The molecule has 31 heavy (non-hydrogen) atoms. The number of fused-ring (bicyclic) bond motifs is 1. The highest BCUT2D eigenvalue weighted by molar-refractivity contribution is 6.07.